The molecule has 0 saturated carbocycles. The van der Waals surface area contributed by atoms with Gasteiger partial charge in [0.1, 0.15) is 0 Å². The van der Waals surface area contributed by atoms with Crippen LogP contribution >= 0.6 is 0 Å². The van der Waals surface area contributed by atoms with Gasteiger partial charge in [-0.3, -0.25) is 0 Å². The topological polar surface area (TPSA) is 17.3 Å². The first kappa shape index (κ1) is 7.28. The smallest absolute Gasteiger partial charge is 0.173 e. The van der Waals surface area contributed by atoms with Crippen LogP contribution in [0.15, 0.2) is 18.5 Å². The summed E-state index contributed by atoms with van der Waals surface area (Å²) < 4.78 is 15.0. The van der Waals surface area contributed by atoms with Gasteiger partial charge in [-0.1, -0.05) is 0 Å². The Kier molecular flexibility index (Phi) is 1.40. The van der Waals surface area contributed by atoms with Crippen LogP contribution in [0.2, 0.25) is 0 Å². The fourth-order valence-electron chi connectivity index (χ4n) is 1.23. The lowest BCUT2D eigenvalue weighted by atomic mass is 10.3. The van der Waals surface area contributed by atoms with Crippen LogP contribution in [-0.4, -0.2) is 9.38 Å². The van der Waals surface area contributed by atoms with Crippen LogP contribution in [0.1, 0.15) is 11.3 Å². The zero-order valence-corrected chi connectivity index (χ0v) is 7.00. The minimum Gasteiger partial charge on any atom is -0.304 e. The molecule has 3 heteroatoms. The van der Waals surface area contributed by atoms with Crippen LogP contribution in [-0.2, 0) is 0 Å². The van der Waals surface area contributed by atoms with E-state index in [1.807, 2.05) is 13.1 Å². The van der Waals surface area contributed by atoms with E-state index in [1.54, 1.807) is 23.6 Å². The molecule has 0 bridgehead atoms. The van der Waals surface area contributed by atoms with Gasteiger partial charge in [-0.15, -0.1) is 0 Å². The highest BCUT2D eigenvalue weighted by atomic mass is 19.1. The third-order valence-corrected chi connectivity index (χ3v) is 1.88. The first-order valence-electron chi connectivity index (χ1n) is 3.79. The number of fused-ring (bicyclic) bond motifs is 1. The van der Waals surface area contributed by atoms with Gasteiger partial charge < -0.3 is 4.40 Å². The van der Waals surface area contributed by atoms with Crippen molar-refractivity contribution < 1.29 is 4.39 Å². The minimum absolute atomic E-state index is 0.231. The predicted octanol–water partition coefficient (Wildman–Crippen LogP) is 2.09. The van der Waals surface area contributed by atoms with E-state index >= 15 is 0 Å². The molecule has 0 N–H and O–H groups in total. The molecule has 0 aromatic carbocycles. The molecule has 0 unspecified atom stereocenters. The third-order valence-electron chi connectivity index (χ3n) is 1.88. The van der Waals surface area contributed by atoms with Gasteiger partial charge in [0.05, 0.1) is 5.69 Å². The molecule has 0 aliphatic heterocycles. The molecule has 2 heterocycles. The zero-order chi connectivity index (χ0) is 8.72. The molecule has 2 rings (SSSR count). The van der Waals surface area contributed by atoms with E-state index in [4.69, 9.17) is 0 Å². The number of hydrogen-bond acceptors (Lipinski definition) is 1. The Morgan fingerprint density at radius 2 is 2.17 bits per heavy atom. The molecule has 2 aromatic rings. The summed E-state index contributed by atoms with van der Waals surface area (Å²) in [5, 5.41) is 0. The van der Waals surface area contributed by atoms with E-state index in [-0.39, 0.29) is 5.82 Å². The molecule has 0 spiro atoms. The zero-order valence-electron chi connectivity index (χ0n) is 7.00. The highest BCUT2D eigenvalue weighted by Gasteiger charge is 2.05. The lowest BCUT2D eigenvalue weighted by molar-refractivity contribution is 0.620. The van der Waals surface area contributed by atoms with Crippen molar-refractivity contribution in [2.24, 2.45) is 0 Å². The minimum atomic E-state index is -0.231. The van der Waals surface area contributed by atoms with Crippen molar-refractivity contribution in [1.29, 1.82) is 0 Å². The van der Waals surface area contributed by atoms with Crippen molar-refractivity contribution in [3.8, 4) is 0 Å². The van der Waals surface area contributed by atoms with Crippen LogP contribution in [0.3, 0.4) is 0 Å². The van der Waals surface area contributed by atoms with Gasteiger partial charge in [0.2, 0.25) is 0 Å². The third kappa shape index (κ3) is 0.897. The molecule has 0 amide bonds. The normalized spacial score (nSPS) is 10.9. The van der Waals surface area contributed by atoms with Crippen molar-refractivity contribution in [2.45, 2.75) is 13.8 Å². The second-order valence-electron chi connectivity index (χ2n) is 2.93. The summed E-state index contributed by atoms with van der Waals surface area (Å²) in [4.78, 5) is 4.06. The van der Waals surface area contributed by atoms with Gasteiger partial charge in [0.15, 0.2) is 11.5 Å². The average Bonchev–Trinajstić information content (AvgIpc) is 2.39. The van der Waals surface area contributed by atoms with Crippen LogP contribution < -0.4 is 0 Å². The van der Waals surface area contributed by atoms with Gasteiger partial charge in [-0.2, -0.15) is 0 Å². The Hall–Kier alpha value is -1.38. The summed E-state index contributed by atoms with van der Waals surface area (Å²) in [5.41, 5.74) is 1.88. The maximum Gasteiger partial charge on any atom is 0.173 e. The highest BCUT2D eigenvalue weighted by Crippen LogP contribution is 2.12. The van der Waals surface area contributed by atoms with E-state index in [1.165, 1.54) is 0 Å². The summed E-state index contributed by atoms with van der Waals surface area (Å²) in [5.74, 6) is -0.231. The van der Waals surface area contributed by atoms with Crippen molar-refractivity contribution in [3.63, 3.8) is 0 Å². The largest absolute Gasteiger partial charge is 0.304 e. The van der Waals surface area contributed by atoms with E-state index in [0.717, 1.165) is 5.69 Å². The molecular formula is C9H9FN2. The van der Waals surface area contributed by atoms with Crippen molar-refractivity contribution in [3.05, 3.63) is 35.5 Å². The molecule has 12 heavy (non-hydrogen) atoms. The van der Waals surface area contributed by atoms with E-state index in [9.17, 15) is 4.39 Å². The van der Waals surface area contributed by atoms with Crippen molar-refractivity contribution in [2.75, 3.05) is 0 Å². The van der Waals surface area contributed by atoms with Crippen LogP contribution in [0, 0.1) is 19.7 Å². The Balaban J connectivity index is 2.89. The second kappa shape index (κ2) is 2.30. The predicted molar refractivity (Wildman–Crippen MR) is 44.6 cm³/mol. The number of hydrogen-bond donors (Lipinski definition) is 0. The number of pyridine rings is 1. The first-order valence-corrected chi connectivity index (χ1v) is 3.79. The summed E-state index contributed by atoms with van der Waals surface area (Å²) in [6, 6.07) is 1.74. The summed E-state index contributed by atoms with van der Waals surface area (Å²) in [7, 11) is 0. The van der Waals surface area contributed by atoms with Gasteiger partial charge >= 0.3 is 0 Å². The molecule has 0 aliphatic rings. The molecule has 2 aromatic heterocycles. The van der Waals surface area contributed by atoms with E-state index < -0.39 is 0 Å². The summed E-state index contributed by atoms with van der Waals surface area (Å²) in [6.07, 6.45) is 3.62. The fourth-order valence-corrected chi connectivity index (χ4v) is 1.23. The van der Waals surface area contributed by atoms with Crippen molar-refractivity contribution >= 4 is 5.65 Å². The van der Waals surface area contributed by atoms with Crippen LogP contribution in [0.5, 0.6) is 0 Å². The first-order chi connectivity index (χ1) is 5.68. The number of imidazole rings is 1. The number of rotatable bonds is 0. The lowest BCUT2D eigenvalue weighted by Crippen LogP contribution is -1.90. The maximum absolute atomic E-state index is 13.3. The second-order valence-corrected chi connectivity index (χ2v) is 2.93. The molecular weight excluding hydrogens is 155 g/mol. The van der Waals surface area contributed by atoms with Gasteiger partial charge in [-0.05, 0) is 25.5 Å². The quantitative estimate of drug-likeness (QED) is 0.582. The van der Waals surface area contributed by atoms with Crippen LogP contribution in [0.4, 0.5) is 4.39 Å². The number of aromatic nitrogens is 2. The molecule has 0 aliphatic carbocycles. The fraction of sp³-hybridized carbons (Fsp3) is 0.222. The molecule has 0 saturated heterocycles. The Morgan fingerprint density at radius 3 is 2.92 bits per heavy atom. The van der Waals surface area contributed by atoms with Gasteiger partial charge in [0.25, 0.3) is 0 Å². The Bertz CT molecular complexity index is 431. The van der Waals surface area contributed by atoms with E-state index in [2.05, 4.69) is 4.98 Å². The number of nitrogens with zero attached hydrogens (tertiary/aromatic N) is 2. The van der Waals surface area contributed by atoms with Gasteiger partial charge in [-0.25, -0.2) is 9.37 Å². The molecule has 2 nitrogen and oxygen atoms in total. The maximum atomic E-state index is 13.3. The SMILES string of the molecule is Cc1cn2ccc(C)c(F)c2n1. The van der Waals surface area contributed by atoms with E-state index in [0.29, 0.717) is 11.2 Å². The highest BCUT2D eigenvalue weighted by molar-refractivity contribution is 5.44. The van der Waals surface area contributed by atoms with Crippen LogP contribution in [0.25, 0.3) is 5.65 Å². The average molecular weight is 164 g/mol. The summed E-state index contributed by atoms with van der Waals surface area (Å²) in [6.45, 7) is 3.58. The Morgan fingerprint density at radius 1 is 1.42 bits per heavy atom. The summed E-state index contributed by atoms with van der Waals surface area (Å²) >= 11 is 0. The Labute approximate surface area is 69.7 Å². The monoisotopic (exact) mass is 164 g/mol. The molecule has 0 radical (unpaired) electrons. The number of aryl methyl sites for hydroxylation is 2. The lowest BCUT2D eigenvalue weighted by Gasteiger charge is -1.96. The molecule has 0 fully saturated rings. The molecule has 62 valence electrons. The molecule has 0 atom stereocenters. The van der Waals surface area contributed by atoms with Crippen molar-refractivity contribution in [1.82, 2.24) is 9.38 Å². The standard InChI is InChI=1S/C9H9FN2/c1-6-3-4-12-5-7(2)11-9(12)8(6)10/h3-5H,1-2H3. The number of halogens is 1. The van der Waals surface area contributed by atoms with Gasteiger partial charge in [0, 0.05) is 12.4 Å².